The van der Waals surface area contributed by atoms with E-state index < -0.39 is 0 Å². The van der Waals surface area contributed by atoms with Crippen molar-refractivity contribution in [1.29, 1.82) is 0 Å². The highest BCUT2D eigenvalue weighted by Crippen LogP contribution is 2.14. The van der Waals surface area contributed by atoms with E-state index in [-0.39, 0.29) is 23.9 Å². The van der Waals surface area contributed by atoms with E-state index in [9.17, 15) is 9.59 Å². The van der Waals surface area contributed by atoms with Crippen LogP contribution in [0.3, 0.4) is 0 Å². The Morgan fingerprint density at radius 2 is 2.16 bits per heavy atom. The molecular formula is C14H27N3O2. The Kier molecular flexibility index (Phi) is 6.84. The van der Waals surface area contributed by atoms with Crippen molar-refractivity contribution in [3.63, 3.8) is 0 Å². The maximum absolute atomic E-state index is 11.9. The zero-order valence-electron chi connectivity index (χ0n) is 12.3. The largest absolute Gasteiger partial charge is 0.354 e. The van der Waals surface area contributed by atoms with Crippen molar-refractivity contribution in [2.75, 3.05) is 13.1 Å². The third-order valence-electron chi connectivity index (χ3n) is 3.65. The van der Waals surface area contributed by atoms with Gasteiger partial charge in [-0.1, -0.05) is 13.8 Å². The predicted octanol–water partition coefficient (Wildman–Crippen LogP) is 0.796. The van der Waals surface area contributed by atoms with E-state index in [2.05, 4.69) is 22.9 Å². The number of hydrogen-bond donors (Lipinski definition) is 3. The minimum absolute atomic E-state index is 0.000351. The second kappa shape index (κ2) is 8.15. The molecule has 5 nitrogen and oxygen atoms in total. The first-order valence-corrected chi connectivity index (χ1v) is 7.33. The van der Waals surface area contributed by atoms with E-state index in [4.69, 9.17) is 0 Å². The van der Waals surface area contributed by atoms with Crippen LogP contribution in [0.1, 0.15) is 46.5 Å². The number of nitrogens with one attached hydrogen (secondary N) is 3. The number of rotatable bonds is 6. The molecule has 0 aromatic heterocycles. The molecule has 0 aliphatic carbocycles. The van der Waals surface area contributed by atoms with E-state index in [1.165, 1.54) is 0 Å². The number of carbonyl (C=O) groups excluding carboxylic acids is 2. The molecule has 5 heteroatoms. The van der Waals surface area contributed by atoms with Crippen LogP contribution in [0, 0.1) is 5.92 Å². The molecule has 1 aliphatic heterocycles. The van der Waals surface area contributed by atoms with Crippen LogP contribution >= 0.6 is 0 Å². The molecular weight excluding hydrogens is 242 g/mol. The normalized spacial score (nSPS) is 24.6. The van der Waals surface area contributed by atoms with Crippen molar-refractivity contribution in [2.45, 2.75) is 58.5 Å². The van der Waals surface area contributed by atoms with Crippen LogP contribution in [0.5, 0.6) is 0 Å². The summed E-state index contributed by atoms with van der Waals surface area (Å²) >= 11 is 0. The van der Waals surface area contributed by atoms with Gasteiger partial charge in [-0.2, -0.15) is 0 Å². The quantitative estimate of drug-likeness (QED) is 0.668. The summed E-state index contributed by atoms with van der Waals surface area (Å²) in [6.45, 7) is 7.48. The molecule has 1 saturated heterocycles. The molecule has 2 amide bonds. The van der Waals surface area contributed by atoms with Crippen LogP contribution in [0.15, 0.2) is 0 Å². The third-order valence-corrected chi connectivity index (χ3v) is 3.65. The summed E-state index contributed by atoms with van der Waals surface area (Å²) in [6.07, 6.45) is 3.27. The first-order chi connectivity index (χ1) is 9.02. The van der Waals surface area contributed by atoms with Gasteiger partial charge in [-0.3, -0.25) is 9.59 Å². The Hall–Kier alpha value is -1.10. The Morgan fingerprint density at radius 3 is 2.79 bits per heavy atom. The molecule has 1 fully saturated rings. The van der Waals surface area contributed by atoms with Gasteiger partial charge in [-0.25, -0.2) is 0 Å². The molecule has 1 rings (SSSR count). The maximum atomic E-state index is 11.9. The van der Waals surface area contributed by atoms with Crippen LogP contribution in [-0.2, 0) is 9.59 Å². The first kappa shape index (κ1) is 16.0. The van der Waals surface area contributed by atoms with Crippen molar-refractivity contribution >= 4 is 11.8 Å². The zero-order valence-corrected chi connectivity index (χ0v) is 12.3. The Balaban J connectivity index is 2.18. The van der Waals surface area contributed by atoms with Gasteiger partial charge in [0.15, 0.2) is 0 Å². The second-order valence-corrected chi connectivity index (χ2v) is 5.55. The molecule has 3 N–H and O–H groups in total. The standard InChI is InChI=1S/C14H27N3O2/c1-4-11(3)17-13(18)6-8-16-14(19)12-9-10(2)5-7-15-12/h10-12,15H,4-9H2,1-3H3,(H,16,19)(H,17,18). The maximum Gasteiger partial charge on any atom is 0.237 e. The van der Waals surface area contributed by atoms with Gasteiger partial charge in [0.05, 0.1) is 6.04 Å². The lowest BCUT2D eigenvalue weighted by Crippen LogP contribution is -2.49. The molecule has 19 heavy (non-hydrogen) atoms. The molecule has 0 aromatic carbocycles. The van der Waals surface area contributed by atoms with Crippen LogP contribution in [-0.4, -0.2) is 37.0 Å². The van der Waals surface area contributed by atoms with Crippen LogP contribution in [0.25, 0.3) is 0 Å². The number of amides is 2. The highest BCUT2D eigenvalue weighted by Gasteiger charge is 2.24. The molecule has 0 bridgehead atoms. The lowest BCUT2D eigenvalue weighted by molar-refractivity contribution is -0.124. The van der Waals surface area contributed by atoms with Crippen LogP contribution in [0.2, 0.25) is 0 Å². The molecule has 0 saturated carbocycles. The van der Waals surface area contributed by atoms with E-state index >= 15 is 0 Å². The average Bonchev–Trinajstić information content (AvgIpc) is 2.38. The van der Waals surface area contributed by atoms with Crippen molar-refractivity contribution in [3.05, 3.63) is 0 Å². The second-order valence-electron chi connectivity index (χ2n) is 5.55. The van der Waals surface area contributed by atoms with E-state index in [1.807, 2.05) is 13.8 Å². The molecule has 0 aromatic rings. The van der Waals surface area contributed by atoms with Gasteiger partial charge in [-0.15, -0.1) is 0 Å². The molecule has 3 atom stereocenters. The molecule has 1 heterocycles. The molecule has 3 unspecified atom stereocenters. The summed E-state index contributed by atoms with van der Waals surface area (Å²) in [5, 5.41) is 8.93. The minimum Gasteiger partial charge on any atom is -0.354 e. The summed E-state index contributed by atoms with van der Waals surface area (Å²) in [7, 11) is 0. The van der Waals surface area contributed by atoms with Gasteiger partial charge < -0.3 is 16.0 Å². The topological polar surface area (TPSA) is 70.2 Å². The van der Waals surface area contributed by atoms with E-state index in [1.54, 1.807) is 0 Å². The average molecular weight is 269 g/mol. The summed E-state index contributed by atoms with van der Waals surface area (Å²) in [4.78, 5) is 23.4. The Labute approximate surface area is 115 Å². The monoisotopic (exact) mass is 269 g/mol. The van der Waals surface area contributed by atoms with Crippen molar-refractivity contribution in [2.24, 2.45) is 5.92 Å². The van der Waals surface area contributed by atoms with E-state index in [0.717, 1.165) is 25.8 Å². The lowest BCUT2D eigenvalue weighted by atomic mass is 9.94. The smallest absolute Gasteiger partial charge is 0.237 e. The summed E-state index contributed by atoms with van der Waals surface area (Å²) in [6, 6.07) is 0.102. The van der Waals surface area contributed by atoms with Crippen LogP contribution in [0.4, 0.5) is 0 Å². The van der Waals surface area contributed by atoms with E-state index in [0.29, 0.717) is 18.9 Å². The van der Waals surface area contributed by atoms with Gasteiger partial charge in [0, 0.05) is 19.0 Å². The van der Waals surface area contributed by atoms with Gasteiger partial charge in [0.1, 0.15) is 0 Å². The number of piperidine rings is 1. The van der Waals surface area contributed by atoms with Crippen molar-refractivity contribution in [3.8, 4) is 0 Å². The van der Waals surface area contributed by atoms with Gasteiger partial charge in [-0.05, 0) is 38.6 Å². The summed E-state index contributed by atoms with van der Waals surface area (Å²) < 4.78 is 0. The highest BCUT2D eigenvalue weighted by molar-refractivity contribution is 5.83. The fourth-order valence-corrected chi connectivity index (χ4v) is 2.18. The number of carbonyl (C=O) groups is 2. The SMILES string of the molecule is CCC(C)NC(=O)CCNC(=O)C1CC(C)CCN1. The summed E-state index contributed by atoms with van der Waals surface area (Å²) in [5.41, 5.74) is 0. The highest BCUT2D eigenvalue weighted by atomic mass is 16.2. The summed E-state index contributed by atoms with van der Waals surface area (Å²) in [5.74, 6) is 0.605. The fourth-order valence-electron chi connectivity index (χ4n) is 2.18. The minimum atomic E-state index is -0.0959. The van der Waals surface area contributed by atoms with Gasteiger partial charge in [0.2, 0.25) is 11.8 Å². The molecule has 0 spiro atoms. The Morgan fingerprint density at radius 1 is 1.42 bits per heavy atom. The zero-order chi connectivity index (χ0) is 14.3. The molecule has 1 aliphatic rings. The van der Waals surface area contributed by atoms with Crippen LogP contribution < -0.4 is 16.0 Å². The fraction of sp³-hybridized carbons (Fsp3) is 0.857. The van der Waals surface area contributed by atoms with Crippen molar-refractivity contribution < 1.29 is 9.59 Å². The van der Waals surface area contributed by atoms with Crippen molar-refractivity contribution in [1.82, 2.24) is 16.0 Å². The third kappa shape index (κ3) is 6.05. The Bertz CT molecular complexity index is 307. The lowest BCUT2D eigenvalue weighted by Gasteiger charge is -2.27. The molecule has 0 radical (unpaired) electrons. The predicted molar refractivity (Wildman–Crippen MR) is 75.7 cm³/mol. The number of hydrogen-bond acceptors (Lipinski definition) is 3. The van der Waals surface area contributed by atoms with Gasteiger partial charge in [0.25, 0.3) is 0 Å². The first-order valence-electron chi connectivity index (χ1n) is 7.33. The molecule has 110 valence electrons. The van der Waals surface area contributed by atoms with Gasteiger partial charge >= 0.3 is 0 Å².